The number of likely N-dealkylation sites (tertiary alicyclic amines) is 1. The van der Waals surface area contributed by atoms with Gasteiger partial charge in [0.2, 0.25) is 0 Å². The van der Waals surface area contributed by atoms with E-state index in [1.165, 1.54) is 0 Å². The van der Waals surface area contributed by atoms with Gasteiger partial charge in [0.15, 0.2) is 0 Å². The molecule has 2 aliphatic rings. The van der Waals surface area contributed by atoms with E-state index >= 15 is 0 Å². The van der Waals surface area contributed by atoms with Gasteiger partial charge in [-0.05, 0) is 57.4 Å². The monoisotopic (exact) mass is 364 g/mol. The molecule has 1 saturated heterocycles. The van der Waals surface area contributed by atoms with Crippen LogP contribution in [0.3, 0.4) is 0 Å². The fraction of sp³-hybridized carbons (Fsp3) is 0.429. The van der Waals surface area contributed by atoms with Gasteiger partial charge in [0.05, 0.1) is 6.04 Å². The van der Waals surface area contributed by atoms with Crippen LogP contribution in [0.5, 0.6) is 0 Å². The SMILES string of the molecule is Cc1cccc(C(=O)N2CC[C@@H](N(C(=O)c3cccc(C)n3)C3CC3)C2)n1. The van der Waals surface area contributed by atoms with E-state index in [1.807, 2.05) is 47.9 Å². The fourth-order valence-electron chi connectivity index (χ4n) is 3.75. The standard InChI is InChI=1S/C21H24N4O2/c1-14-5-3-7-18(22-14)20(26)24-12-11-17(13-24)25(16-9-10-16)21(27)19-8-4-6-15(2)23-19/h3-8,16-17H,9-13H2,1-2H3/t17-/m1/s1. The molecule has 1 saturated carbocycles. The van der Waals surface area contributed by atoms with Crippen molar-refractivity contribution in [2.75, 3.05) is 13.1 Å². The summed E-state index contributed by atoms with van der Waals surface area (Å²) in [6.07, 6.45) is 2.86. The number of aromatic nitrogens is 2. The van der Waals surface area contributed by atoms with Crippen LogP contribution in [-0.4, -0.2) is 56.8 Å². The maximum absolute atomic E-state index is 13.1. The number of carbonyl (C=O) groups excluding carboxylic acids is 2. The molecule has 1 aliphatic carbocycles. The van der Waals surface area contributed by atoms with Crippen molar-refractivity contribution in [1.29, 1.82) is 0 Å². The van der Waals surface area contributed by atoms with Gasteiger partial charge < -0.3 is 9.80 Å². The molecule has 0 unspecified atom stereocenters. The Morgan fingerprint density at radius 1 is 0.926 bits per heavy atom. The summed E-state index contributed by atoms with van der Waals surface area (Å²) < 4.78 is 0. The molecular formula is C21H24N4O2. The van der Waals surface area contributed by atoms with E-state index < -0.39 is 0 Å². The van der Waals surface area contributed by atoms with Gasteiger partial charge in [-0.15, -0.1) is 0 Å². The Labute approximate surface area is 159 Å². The highest BCUT2D eigenvalue weighted by Gasteiger charge is 2.41. The average Bonchev–Trinajstić information content (AvgIpc) is 3.37. The van der Waals surface area contributed by atoms with E-state index in [-0.39, 0.29) is 23.9 Å². The molecule has 6 heteroatoms. The highest BCUT2D eigenvalue weighted by molar-refractivity contribution is 5.94. The Morgan fingerprint density at radius 2 is 1.56 bits per heavy atom. The summed E-state index contributed by atoms with van der Waals surface area (Å²) in [4.78, 5) is 38.4. The lowest BCUT2D eigenvalue weighted by Gasteiger charge is -2.29. The van der Waals surface area contributed by atoms with E-state index in [4.69, 9.17) is 0 Å². The molecule has 2 fully saturated rings. The zero-order valence-corrected chi connectivity index (χ0v) is 15.8. The molecular weight excluding hydrogens is 340 g/mol. The lowest BCUT2D eigenvalue weighted by Crippen LogP contribution is -2.44. The Hall–Kier alpha value is -2.76. The number of pyridine rings is 2. The van der Waals surface area contributed by atoms with Gasteiger partial charge in [0, 0.05) is 30.5 Å². The van der Waals surface area contributed by atoms with E-state index in [2.05, 4.69) is 9.97 Å². The largest absolute Gasteiger partial charge is 0.335 e. The maximum atomic E-state index is 13.1. The number of nitrogens with zero attached hydrogens (tertiary/aromatic N) is 4. The van der Waals surface area contributed by atoms with Crippen LogP contribution >= 0.6 is 0 Å². The summed E-state index contributed by atoms with van der Waals surface area (Å²) in [6, 6.07) is 11.3. The van der Waals surface area contributed by atoms with Crippen LogP contribution in [0.1, 0.15) is 51.6 Å². The minimum Gasteiger partial charge on any atom is -0.335 e. The third-order valence-corrected chi connectivity index (χ3v) is 5.23. The first-order chi connectivity index (χ1) is 13.0. The first-order valence-electron chi connectivity index (χ1n) is 9.52. The molecule has 0 aromatic carbocycles. The molecule has 0 N–H and O–H groups in total. The van der Waals surface area contributed by atoms with Gasteiger partial charge in [-0.2, -0.15) is 0 Å². The van der Waals surface area contributed by atoms with Gasteiger partial charge in [0.1, 0.15) is 11.4 Å². The molecule has 27 heavy (non-hydrogen) atoms. The molecule has 3 heterocycles. The Balaban J connectivity index is 1.50. The van der Waals surface area contributed by atoms with Crippen LogP contribution in [0, 0.1) is 13.8 Å². The molecule has 2 amide bonds. The quantitative estimate of drug-likeness (QED) is 0.836. The summed E-state index contributed by atoms with van der Waals surface area (Å²) in [5, 5.41) is 0. The van der Waals surface area contributed by atoms with Crippen LogP contribution in [0.25, 0.3) is 0 Å². The van der Waals surface area contributed by atoms with Crippen molar-refractivity contribution in [2.24, 2.45) is 0 Å². The second kappa shape index (κ2) is 7.10. The molecule has 6 nitrogen and oxygen atoms in total. The van der Waals surface area contributed by atoms with Gasteiger partial charge in [-0.3, -0.25) is 9.59 Å². The summed E-state index contributed by atoms with van der Waals surface area (Å²) in [5.41, 5.74) is 2.63. The Morgan fingerprint density at radius 3 is 2.19 bits per heavy atom. The van der Waals surface area contributed by atoms with Crippen molar-refractivity contribution in [1.82, 2.24) is 19.8 Å². The van der Waals surface area contributed by atoms with Crippen molar-refractivity contribution in [3.05, 3.63) is 59.2 Å². The first-order valence-corrected chi connectivity index (χ1v) is 9.52. The Bertz CT molecular complexity index is 878. The molecule has 2 aromatic heterocycles. The molecule has 1 atom stereocenters. The summed E-state index contributed by atoms with van der Waals surface area (Å²) >= 11 is 0. The fourth-order valence-corrected chi connectivity index (χ4v) is 3.75. The van der Waals surface area contributed by atoms with E-state index in [0.29, 0.717) is 24.5 Å². The molecule has 0 bridgehead atoms. The first kappa shape index (κ1) is 17.6. The smallest absolute Gasteiger partial charge is 0.273 e. The summed E-state index contributed by atoms with van der Waals surface area (Å²) in [6.45, 7) is 4.98. The van der Waals surface area contributed by atoms with Gasteiger partial charge in [0.25, 0.3) is 11.8 Å². The van der Waals surface area contributed by atoms with Crippen molar-refractivity contribution in [3.63, 3.8) is 0 Å². The molecule has 0 radical (unpaired) electrons. The van der Waals surface area contributed by atoms with Crippen molar-refractivity contribution < 1.29 is 9.59 Å². The average molecular weight is 364 g/mol. The minimum atomic E-state index is -0.0573. The number of aryl methyl sites for hydroxylation is 2. The predicted molar refractivity (Wildman–Crippen MR) is 101 cm³/mol. The van der Waals surface area contributed by atoms with Crippen LogP contribution in [-0.2, 0) is 0 Å². The highest BCUT2D eigenvalue weighted by Crippen LogP contribution is 2.33. The number of hydrogen-bond donors (Lipinski definition) is 0. The van der Waals surface area contributed by atoms with Crippen LogP contribution in [0.4, 0.5) is 0 Å². The van der Waals surface area contributed by atoms with Crippen molar-refractivity contribution >= 4 is 11.8 Å². The highest BCUT2D eigenvalue weighted by atomic mass is 16.2. The zero-order chi connectivity index (χ0) is 19.0. The lowest BCUT2D eigenvalue weighted by atomic mass is 10.2. The van der Waals surface area contributed by atoms with Crippen molar-refractivity contribution in [3.8, 4) is 0 Å². The number of rotatable bonds is 4. The maximum Gasteiger partial charge on any atom is 0.273 e. The Kier molecular flexibility index (Phi) is 4.64. The van der Waals surface area contributed by atoms with E-state index in [9.17, 15) is 9.59 Å². The van der Waals surface area contributed by atoms with E-state index in [0.717, 1.165) is 30.7 Å². The molecule has 0 spiro atoms. The second-order valence-electron chi connectivity index (χ2n) is 7.47. The third kappa shape index (κ3) is 3.70. The summed E-state index contributed by atoms with van der Waals surface area (Å²) in [5.74, 6) is -0.0766. The van der Waals surface area contributed by atoms with Crippen molar-refractivity contribution in [2.45, 2.75) is 45.2 Å². The number of amides is 2. The molecule has 1 aliphatic heterocycles. The number of hydrogen-bond acceptors (Lipinski definition) is 4. The molecule has 140 valence electrons. The lowest BCUT2D eigenvalue weighted by molar-refractivity contribution is 0.0635. The van der Waals surface area contributed by atoms with Crippen LogP contribution in [0.2, 0.25) is 0 Å². The van der Waals surface area contributed by atoms with Gasteiger partial charge >= 0.3 is 0 Å². The van der Waals surface area contributed by atoms with Gasteiger partial charge in [-0.25, -0.2) is 9.97 Å². The second-order valence-corrected chi connectivity index (χ2v) is 7.47. The van der Waals surface area contributed by atoms with Crippen LogP contribution in [0.15, 0.2) is 36.4 Å². The normalized spacial score (nSPS) is 19.2. The summed E-state index contributed by atoms with van der Waals surface area (Å²) in [7, 11) is 0. The third-order valence-electron chi connectivity index (χ3n) is 5.23. The zero-order valence-electron chi connectivity index (χ0n) is 15.8. The van der Waals surface area contributed by atoms with Gasteiger partial charge in [-0.1, -0.05) is 12.1 Å². The van der Waals surface area contributed by atoms with E-state index in [1.54, 1.807) is 12.1 Å². The molecule has 2 aromatic rings. The predicted octanol–water partition coefficient (Wildman–Crippen LogP) is 2.61. The molecule has 4 rings (SSSR count). The topological polar surface area (TPSA) is 66.4 Å². The minimum absolute atomic E-state index is 0.0193. The number of carbonyl (C=O) groups is 2. The van der Waals surface area contributed by atoms with Crippen LogP contribution < -0.4 is 0 Å².